The molecule has 0 spiro atoms. The van der Waals surface area contributed by atoms with Gasteiger partial charge in [-0.05, 0) is 25.3 Å². The molecule has 0 saturated carbocycles. The maximum Gasteiger partial charge on any atom is -0.0195 e. The molecule has 4 rings (SSSR count). The summed E-state index contributed by atoms with van der Waals surface area (Å²) in [4.78, 5) is 0. The van der Waals surface area contributed by atoms with Crippen molar-refractivity contribution < 1.29 is 49.0 Å². The second-order valence-electron chi connectivity index (χ2n) is 7.21. The van der Waals surface area contributed by atoms with Gasteiger partial charge >= 0.3 is 41.3 Å². The van der Waals surface area contributed by atoms with E-state index in [0.717, 1.165) is 12.8 Å². The van der Waals surface area contributed by atoms with Crippen LogP contribution in [0.4, 0.5) is 0 Å². The molecular weight excluding hydrogens is 450 g/mol. The van der Waals surface area contributed by atoms with Crippen LogP contribution < -0.4 is 24.8 Å². The Kier molecular flexibility index (Phi) is 9.13. The minimum Gasteiger partial charge on any atom is -1.00 e. The fourth-order valence-corrected chi connectivity index (χ4v) is 3.76. The first-order chi connectivity index (χ1) is 11.9. The Bertz CT molecular complexity index is 916. The van der Waals surface area contributed by atoms with Gasteiger partial charge in [0.2, 0.25) is 0 Å². The molecule has 0 fully saturated rings. The number of fused-ring (bicyclic) bond motifs is 3. The first-order valence-corrected chi connectivity index (χ1v) is 10.1. The maximum atomic E-state index is 3.74. The molecule has 0 nitrogen and oxygen atoms in total. The summed E-state index contributed by atoms with van der Waals surface area (Å²) in [6.45, 7) is 11.0. The zero-order valence-electron chi connectivity index (χ0n) is 16.6. The van der Waals surface area contributed by atoms with Crippen LogP contribution in [0.5, 0.6) is 0 Å². The van der Waals surface area contributed by atoms with Crippen molar-refractivity contribution >= 4 is 8.78 Å². The maximum absolute atomic E-state index is 3.74. The summed E-state index contributed by atoms with van der Waals surface area (Å²) in [5.74, 6) is 0. The predicted octanol–water partition coefficient (Wildman–Crippen LogP) is 0.0800. The molecule has 3 heteroatoms. The zero-order valence-corrected chi connectivity index (χ0v) is 20.6. The van der Waals surface area contributed by atoms with Gasteiger partial charge in [0, 0.05) is 0 Å². The molecule has 0 heterocycles. The number of allylic oxidation sites excluding steroid dienone is 4. The molecule has 140 valence electrons. The third-order valence-electron chi connectivity index (χ3n) is 4.96. The van der Waals surface area contributed by atoms with Crippen molar-refractivity contribution in [3.8, 4) is 11.1 Å². The Morgan fingerprint density at radius 1 is 1.00 bits per heavy atom. The van der Waals surface area contributed by atoms with E-state index in [0.29, 0.717) is 0 Å². The van der Waals surface area contributed by atoms with Crippen LogP contribution in [-0.4, -0.2) is 3.21 Å². The van der Waals surface area contributed by atoms with Gasteiger partial charge in [0.05, 0.1) is 0 Å². The Morgan fingerprint density at radius 2 is 1.67 bits per heavy atom. The molecule has 2 aromatic rings. The third-order valence-corrected chi connectivity index (χ3v) is 4.96. The summed E-state index contributed by atoms with van der Waals surface area (Å²) < 4.78 is 1.51. The predicted molar refractivity (Wildman–Crippen MR) is 106 cm³/mol. The molecule has 0 N–H and O–H groups in total. The van der Waals surface area contributed by atoms with Gasteiger partial charge in [-0.1, -0.05) is 60.9 Å². The molecule has 0 aromatic heterocycles. The number of hydrogen-bond acceptors (Lipinski definition) is 0. The van der Waals surface area contributed by atoms with Gasteiger partial charge in [-0.15, -0.1) is 40.0 Å². The quantitative estimate of drug-likeness (QED) is 0.438. The molecule has 0 radical (unpaired) electrons. The SMILES string of the molecule is C[C](C)=[Zr+2].Cc1cccc2c1-c1c([c-]c(C3=CC=CC3)c(C)c1C)C2.[Cl-].[Cl-]. The van der Waals surface area contributed by atoms with Crippen molar-refractivity contribution in [1.29, 1.82) is 0 Å². The minimum atomic E-state index is 0. The standard InChI is InChI=1S/C21H19.C3H6.2ClH.Zr/c1-13-7-6-10-17-11-18-12-19(16-8-4-5-9-16)14(2)15(3)21(18)20(13)17;1-3-2;;;/h4-8,10H,9,11H2,1-3H3;1-2H3;2*1H;/q-1;;;;+2/p-2. The molecule has 2 aliphatic rings. The van der Waals surface area contributed by atoms with Crippen molar-refractivity contribution in [3.63, 3.8) is 0 Å². The molecule has 0 unspecified atom stereocenters. The van der Waals surface area contributed by atoms with Crippen molar-refractivity contribution in [2.45, 2.75) is 47.5 Å². The molecular formula is C24H25Cl2Zr-. The van der Waals surface area contributed by atoms with E-state index in [2.05, 4.69) is 77.1 Å². The minimum absolute atomic E-state index is 0. The number of halogens is 2. The van der Waals surface area contributed by atoms with Gasteiger partial charge in [-0.2, -0.15) is 0 Å². The molecule has 0 aliphatic heterocycles. The summed E-state index contributed by atoms with van der Waals surface area (Å²) in [5.41, 5.74) is 12.7. The van der Waals surface area contributed by atoms with Crippen molar-refractivity contribution in [2.75, 3.05) is 0 Å². The Labute approximate surface area is 191 Å². The molecule has 0 atom stereocenters. The Balaban J connectivity index is 0.000000558. The molecule has 2 aromatic carbocycles. The summed E-state index contributed by atoms with van der Waals surface area (Å²) in [6, 6.07) is 10.4. The number of benzene rings is 2. The van der Waals surface area contributed by atoms with E-state index in [1.807, 2.05) is 0 Å². The summed E-state index contributed by atoms with van der Waals surface area (Å²) >= 11 is 1.55. The first kappa shape index (κ1) is 24.3. The largest absolute Gasteiger partial charge is 1.00 e. The monoisotopic (exact) mass is 473 g/mol. The number of aryl methyl sites for hydroxylation is 1. The molecule has 2 aliphatic carbocycles. The molecule has 0 saturated heterocycles. The van der Waals surface area contributed by atoms with Gasteiger partial charge in [0.25, 0.3) is 0 Å². The molecule has 27 heavy (non-hydrogen) atoms. The van der Waals surface area contributed by atoms with Crippen LogP contribution >= 0.6 is 0 Å². The average Bonchev–Trinajstić information content (AvgIpc) is 3.18. The fourth-order valence-electron chi connectivity index (χ4n) is 3.76. The van der Waals surface area contributed by atoms with Crippen LogP contribution in [0.3, 0.4) is 0 Å². The number of rotatable bonds is 1. The van der Waals surface area contributed by atoms with E-state index >= 15 is 0 Å². The van der Waals surface area contributed by atoms with E-state index < -0.39 is 0 Å². The van der Waals surface area contributed by atoms with Crippen molar-refractivity contribution in [2.24, 2.45) is 0 Å². The van der Waals surface area contributed by atoms with Crippen molar-refractivity contribution in [1.82, 2.24) is 0 Å². The van der Waals surface area contributed by atoms with Gasteiger partial charge in [-0.25, -0.2) is 0 Å². The van der Waals surface area contributed by atoms with Crippen LogP contribution in [0.15, 0.2) is 36.4 Å². The average molecular weight is 476 g/mol. The topological polar surface area (TPSA) is 0 Å². The van der Waals surface area contributed by atoms with E-state index in [1.54, 1.807) is 24.2 Å². The molecule has 0 bridgehead atoms. The van der Waals surface area contributed by atoms with Crippen LogP contribution in [-0.2, 0) is 30.7 Å². The molecule has 0 amide bonds. The first-order valence-electron chi connectivity index (χ1n) is 8.92. The Hall–Kier alpha value is -0.747. The smallest absolute Gasteiger partial charge is 0.0195 e. The Morgan fingerprint density at radius 3 is 2.26 bits per heavy atom. The van der Waals surface area contributed by atoms with E-state index in [9.17, 15) is 0 Å². The second-order valence-corrected chi connectivity index (χ2v) is 9.67. The summed E-state index contributed by atoms with van der Waals surface area (Å²) in [5, 5.41) is 0. The second kappa shape index (κ2) is 10.2. The van der Waals surface area contributed by atoms with Crippen LogP contribution in [0.2, 0.25) is 0 Å². The van der Waals surface area contributed by atoms with Gasteiger partial charge in [0.1, 0.15) is 0 Å². The van der Waals surface area contributed by atoms with E-state index in [4.69, 9.17) is 0 Å². The van der Waals surface area contributed by atoms with Gasteiger partial charge in [-0.3, -0.25) is 0 Å². The van der Waals surface area contributed by atoms with E-state index in [1.165, 1.54) is 53.3 Å². The van der Waals surface area contributed by atoms with Gasteiger partial charge in [0.15, 0.2) is 0 Å². The van der Waals surface area contributed by atoms with Crippen LogP contribution in [0.25, 0.3) is 16.7 Å². The number of hydrogen-bond donors (Lipinski definition) is 0. The van der Waals surface area contributed by atoms with Gasteiger partial charge < -0.3 is 24.8 Å². The summed E-state index contributed by atoms with van der Waals surface area (Å²) in [7, 11) is 0. The normalized spacial score (nSPS) is 12.8. The van der Waals surface area contributed by atoms with Crippen LogP contribution in [0.1, 0.15) is 53.6 Å². The third kappa shape index (κ3) is 5.00. The fraction of sp³-hybridized carbons (Fsp3) is 0.292. The van der Waals surface area contributed by atoms with E-state index in [-0.39, 0.29) is 24.8 Å². The van der Waals surface area contributed by atoms with Crippen molar-refractivity contribution in [3.05, 3.63) is 75.9 Å². The zero-order chi connectivity index (χ0) is 18.1. The van der Waals surface area contributed by atoms with Crippen LogP contribution in [0, 0.1) is 26.8 Å². The summed E-state index contributed by atoms with van der Waals surface area (Å²) in [6.07, 6.45) is 8.69.